The van der Waals surface area contributed by atoms with Gasteiger partial charge < -0.3 is 19.9 Å². The van der Waals surface area contributed by atoms with Crippen molar-refractivity contribution in [2.75, 3.05) is 25.1 Å². The summed E-state index contributed by atoms with van der Waals surface area (Å²) >= 11 is 6.06. The third kappa shape index (κ3) is 5.70. The van der Waals surface area contributed by atoms with Gasteiger partial charge in [-0.3, -0.25) is 9.59 Å². The van der Waals surface area contributed by atoms with Crippen LogP contribution in [-0.2, 0) is 28.7 Å². The average molecular weight is 577 g/mol. The van der Waals surface area contributed by atoms with Crippen molar-refractivity contribution in [1.82, 2.24) is 24.5 Å². The van der Waals surface area contributed by atoms with Gasteiger partial charge in [0.15, 0.2) is 5.82 Å². The summed E-state index contributed by atoms with van der Waals surface area (Å²) in [6, 6.07) is 3.01. The second-order valence-corrected chi connectivity index (χ2v) is 10.2. The quantitative estimate of drug-likeness (QED) is 0.453. The molecule has 2 N–H and O–H groups in total. The summed E-state index contributed by atoms with van der Waals surface area (Å²) in [4.78, 5) is 31.5. The maximum absolute atomic E-state index is 13.7. The fraction of sp³-hybridized carbons (Fsp3) is 0.407. The minimum absolute atomic E-state index is 0.0395. The highest BCUT2D eigenvalue weighted by Crippen LogP contribution is 2.34. The van der Waals surface area contributed by atoms with Crippen molar-refractivity contribution in [3.63, 3.8) is 0 Å². The molecule has 0 aliphatic carbocycles. The summed E-state index contributed by atoms with van der Waals surface area (Å²) in [7, 11) is 0. The molecule has 2 aromatic heterocycles. The highest BCUT2D eigenvalue weighted by Gasteiger charge is 2.31. The second kappa shape index (κ2) is 11.2. The minimum Gasteiger partial charge on any atom is -0.377 e. The third-order valence-corrected chi connectivity index (χ3v) is 7.26. The molecule has 212 valence electrons. The maximum atomic E-state index is 13.7. The van der Waals surface area contributed by atoms with E-state index >= 15 is 0 Å². The van der Waals surface area contributed by atoms with Crippen molar-refractivity contribution in [3.8, 4) is 0 Å². The number of fused-ring (bicyclic) bond motifs is 1. The Balaban J connectivity index is 1.57. The van der Waals surface area contributed by atoms with Crippen molar-refractivity contribution in [1.29, 1.82) is 0 Å². The number of rotatable bonds is 6. The van der Waals surface area contributed by atoms with Crippen LogP contribution in [0.2, 0.25) is 5.02 Å². The molecular weight excluding hydrogens is 549 g/mol. The van der Waals surface area contributed by atoms with Gasteiger partial charge in [0.25, 0.3) is 5.56 Å². The zero-order valence-corrected chi connectivity index (χ0v) is 22.7. The van der Waals surface area contributed by atoms with E-state index in [1.54, 1.807) is 4.57 Å². The summed E-state index contributed by atoms with van der Waals surface area (Å²) in [5.74, 6) is 0.0211. The smallest absolute Gasteiger partial charge is 0.377 e. The largest absolute Gasteiger partial charge is 0.416 e. The molecular formula is C27H28ClF3N6O3. The summed E-state index contributed by atoms with van der Waals surface area (Å²) in [5, 5.41) is 10.2. The van der Waals surface area contributed by atoms with Crippen LogP contribution < -0.4 is 16.2 Å². The standard InChI is InChI=1S/C27H28ClF3N6O3/c1-3-22-19(11-16-10-15(2)32-13-16)25(39)37-26(34-24(35-37)17-6-8-40-9-7-17)36(22)14-23(38)33-21-5-4-18(12-20(21)28)27(29,30)31/h4-6,11-12,15,32H,3,7-10,13-14H2,1-2H3,(H,33,38)/b16-11+/t15-/m1/s1. The highest BCUT2D eigenvalue weighted by molar-refractivity contribution is 6.33. The topological polar surface area (TPSA) is 103 Å². The van der Waals surface area contributed by atoms with Gasteiger partial charge in [-0.05, 0) is 56.0 Å². The van der Waals surface area contributed by atoms with Crippen molar-refractivity contribution >= 4 is 40.6 Å². The number of anilines is 1. The van der Waals surface area contributed by atoms with Crippen LogP contribution in [0.1, 0.15) is 49.3 Å². The van der Waals surface area contributed by atoms with E-state index in [2.05, 4.69) is 27.6 Å². The average Bonchev–Trinajstić information content (AvgIpc) is 3.54. The first kappa shape index (κ1) is 28.1. The van der Waals surface area contributed by atoms with Crippen LogP contribution in [-0.4, -0.2) is 50.9 Å². The molecule has 0 bridgehead atoms. The third-order valence-electron chi connectivity index (χ3n) is 6.94. The van der Waals surface area contributed by atoms with Gasteiger partial charge >= 0.3 is 6.18 Å². The first-order valence-corrected chi connectivity index (χ1v) is 13.3. The molecule has 40 heavy (non-hydrogen) atoms. The van der Waals surface area contributed by atoms with Crippen molar-refractivity contribution in [2.24, 2.45) is 0 Å². The van der Waals surface area contributed by atoms with E-state index in [-0.39, 0.29) is 34.6 Å². The van der Waals surface area contributed by atoms with Gasteiger partial charge in [0.1, 0.15) is 6.54 Å². The van der Waals surface area contributed by atoms with E-state index < -0.39 is 17.6 Å². The number of alkyl halides is 3. The van der Waals surface area contributed by atoms with Crippen LogP contribution in [0.15, 0.2) is 34.6 Å². The van der Waals surface area contributed by atoms with Crippen LogP contribution in [0.4, 0.5) is 18.9 Å². The minimum atomic E-state index is -4.56. The van der Waals surface area contributed by atoms with Crippen molar-refractivity contribution in [3.05, 3.63) is 67.9 Å². The van der Waals surface area contributed by atoms with Gasteiger partial charge in [-0.1, -0.05) is 30.2 Å². The Hall–Kier alpha value is -3.48. The molecule has 1 fully saturated rings. The van der Waals surface area contributed by atoms with E-state index in [1.165, 1.54) is 4.52 Å². The molecule has 1 aromatic carbocycles. The van der Waals surface area contributed by atoms with Crippen molar-refractivity contribution in [2.45, 2.75) is 51.9 Å². The summed E-state index contributed by atoms with van der Waals surface area (Å²) in [6.45, 7) is 5.23. The molecule has 1 amide bonds. The fourth-order valence-corrected chi connectivity index (χ4v) is 5.19. The number of hydrogen-bond acceptors (Lipinski definition) is 6. The first-order chi connectivity index (χ1) is 19.0. The van der Waals surface area contributed by atoms with Crippen LogP contribution in [0, 0.1) is 0 Å². The molecule has 2 aliphatic heterocycles. The molecule has 0 spiro atoms. The fourth-order valence-electron chi connectivity index (χ4n) is 4.96. The number of carbonyl (C=O) groups excluding carboxylic acids is 1. The lowest BCUT2D eigenvalue weighted by atomic mass is 10.1. The lowest BCUT2D eigenvalue weighted by Gasteiger charge is -2.17. The zero-order chi connectivity index (χ0) is 28.6. The predicted molar refractivity (Wildman–Crippen MR) is 145 cm³/mol. The Kier molecular flexibility index (Phi) is 7.85. The molecule has 5 rings (SSSR count). The number of hydrogen-bond donors (Lipinski definition) is 2. The Morgan fingerprint density at radius 1 is 1.35 bits per heavy atom. The number of amides is 1. The molecule has 0 unspecified atom stereocenters. The van der Waals surface area contributed by atoms with Gasteiger partial charge in [-0.25, -0.2) is 0 Å². The normalized spacial score (nSPS) is 18.9. The van der Waals surface area contributed by atoms with Crippen LogP contribution in [0.5, 0.6) is 0 Å². The number of ether oxygens (including phenoxy) is 1. The highest BCUT2D eigenvalue weighted by atomic mass is 35.5. The SMILES string of the molecule is CCc1c(/C=C2/CN[C@H](C)C2)c(=O)n2nc(C3=CCOCC3)nc2n1CC(=O)Nc1ccc(C(F)(F)F)cc1Cl. The lowest BCUT2D eigenvalue weighted by molar-refractivity contribution is -0.137. The van der Waals surface area contributed by atoms with E-state index in [0.29, 0.717) is 49.7 Å². The monoisotopic (exact) mass is 576 g/mol. The molecule has 0 saturated carbocycles. The molecule has 2 aliphatic rings. The molecule has 0 radical (unpaired) electrons. The predicted octanol–water partition coefficient (Wildman–Crippen LogP) is 4.33. The van der Waals surface area contributed by atoms with E-state index in [9.17, 15) is 22.8 Å². The number of benzene rings is 1. The first-order valence-electron chi connectivity index (χ1n) is 12.9. The van der Waals surface area contributed by atoms with E-state index in [0.717, 1.165) is 35.8 Å². The van der Waals surface area contributed by atoms with E-state index in [4.69, 9.17) is 16.3 Å². The van der Waals surface area contributed by atoms with Gasteiger partial charge in [0.2, 0.25) is 11.7 Å². The Labute approximate surface area is 232 Å². The molecule has 13 heteroatoms. The van der Waals surface area contributed by atoms with Crippen LogP contribution in [0.3, 0.4) is 0 Å². The van der Waals surface area contributed by atoms with Gasteiger partial charge in [-0.2, -0.15) is 22.7 Å². The van der Waals surface area contributed by atoms with Gasteiger partial charge in [0.05, 0.1) is 35.1 Å². The van der Waals surface area contributed by atoms with Crippen LogP contribution >= 0.6 is 11.6 Å². The molecule has 1 atom stereocenters. The zero-order valence-electron chi connectivity index (χ0n) is 21.9. The number of nitrogens with one attached hydrogen (secondary N) is 2. The summed E-state index contributed by atoms with van der Waals surface area (Å²) in [6.07, 6.45) is 0.935. The molecule has 3 aromatic rings. The number of nitrogens with zero attached hydrogens (tertiary/aromatic N) is 4. The number of halogens is 4. The van der Waals surface area contributed by atoms with Gasteiger partial charge in [-0.15, -0.1) is 5.10 Å². The number of carbonyl (C=O) groups is 1. The second-order valence-electron chi connectivity index (χ2n) is 9.84. The Morgan fingerprint density at radius 2 is 2.15 bits per heavy atom. The lowest BCUT2D eigenvalue weighted by Crippen LogP contribution is -2.29. The summed E-state index contributed by atoms with van der Waals surface area (Å²) in [5.41, 5.74) is 1.69. The Morgan fingerprint density at radius 3 is 2.77 bits per heavy atom. The van der Waals surface area contributed by atoms with Crippen LogP contribution in [0.25, 0.3) is 17.4 Å². The van der Waals surface area contributed by atoms with E-state index in [1.807, 2.05) is 19.1 Å². The maximum Gasteiger partial charge on any atom is 0.416 e. The molecule has 4 heterocycles. The van der Waals surface area contributed by atoms with Crippen molar-refractivity contribution < 1.29 is 22.7 Å². The number of aromatic nitrogens is 4. The summed E-state index contributed by atoms with van der Waals surface area (Å²) < 4.78 is 47.4. The molecule has 1 saturated heterocycles. The van der Waals surface area contributed by atoms with Gasteiger partial charge in [0, 0.05) is 18.3 Å². The molecule has 9 nitrogen and oxygen atoms in total. The Bertz CT molecular complexity index is 1590.